The smallest absolute Gasteiger partial charge is 0.122 e. The first-order chi connectivity index (χ1) is 9.25. The molecule has 4 heteroatoms. The van der Waals surface area contributed by atoms with Crippen LogP contribution >= 0.6 is 23.2 Å². The van der Waals surface area contributed by atoms with Crippen LogP contribution < -0.4 is 10.1 Å². The summed E-state index contributed by atoms with van der Waals surface area (Å²) in [6.45, 7) is 1.47. The first-order valence-electron chi connectivity index (χ1n) is 6.15. The zero-order valence-electron chi connectivity index (χ0n) is 10.2. The van der Waals surface area contributed by atoms with E-state index in [0.29, 0.717) is 22.6 Å². The Hall–Kier alpha value is -1.38. The van der Waals surface area contributed by atoms with Gasteiger partial charge in [0, 0.05) is 18.0 Å². The van der Waals surface area contributed by atoms with E-state index in [9.17, 15) is 0 Å². The first-order valence-corrected chi connectivity index (χ1v) is 6.91. The van der Waals surface area contributed by atoms with Crippen LogP contribution in [0.15, 0.2) is 42.5 Å². The van der Waals surface area contributed by atoms with Crippen molar-refractivity contribution in [3.63, 3.8) is 0 Å². The Morgan fingerprint density at radius 3 is 2.84 bits per heavy atom. The van der Waals surface area contributed by atoms with E-state index in [2.05, 4.69) is 11.4 Å². The lowest BCUT2D eigenvalue weighted by molar-refractivity contribution is 0.334. The van der Waals surface area contributed by atoms with E-state index in [4.69, 9.17) is 27.9 Å². The first kappa shape index (κ1) is 12.6. The van der Waals surface area contributed by atoms with E-state index < -0.39 is 0 Å². The molecule has 0 radical (unpaired) electrons. The van der Waals surface area contributed by atoms with Crippen LogP contribution in [0.5, 0.6) is 5.75 Å². The molecule has 19 heavy (non-hydrogen) atoms. The zero-order valence-corrected chi connectivity index (χ0v) is 11.7. The summed E-state index contributed by atoms with van der Waals surface area (Å²) < 4.78 is 5.65. The molecule has 1 atom stereocenters. The lowest BCUT2D eigenvalue weighted by atomic mass is 10.0. The predicted molar refractivity (Wildman–Crippen MR) is 79.6 cm³/mol. The molecule has 2 nitrogen and oxygen atoms in total. The number of halogens is 2. The minimum absolute atomic E-state index is 0.339. The van der Waals surface area contributed by atoms with Crippen LogP contribution in [0.3, 0.4) is 0 Å². The van der Waals surface area contributed by atoms with Crippen molar-refractivity contribution in [2.75, 3.05) is 18.5 Å². The van der Waals surface area contributed by atoms with Crippen LogP contribution in [0.25, 0.3) is 0 Å². The van der Waals surface area contributed by atoms with Gasteiger partial charge in [-0.3, -0.25) is 0 Å². The van der Waals surface area contributed by atoms with Gasteiger partial charge < -0.3 is 10.1 Å². The summed E-state index contributed by atoms with van der Waals surface area (Å²) in [7, 11) is 0. The highest BCUT2D eigenvalue weighted by Crippen LogP contribution is 2.35. The van der Waals surface area contributed by atoms with E-state index >= 15 is 0 Å². The SMILES string of the molecule is Clc1cccc(NCC2COc3ccccc32)c1Cl. The maximum Gasteiger partial charge on any atom is 0.122 e. The maximum atomic E-state index is 6.15. The Morgan fingerprint density at radius 1 is 1.11 bits per heavy atom. The summed E-state index contributed by atoms with van der Waals surface area (Å²) in [6, 6.07) is 13.7. The van der Waals surface area contributed by atoms with Crippen molar-refractivity contribution in [1.29, 1.82) is 0 Å². The van der Waals surface area contributed by atoms with E-state index in [1.54, 1.807) is 6.07 Å². The van der Waals surface area contributed by atoms with E-state index in [1.165, 1.54) is 5.56 Å². The molecule has 1 aliphatic rings. The molecular weight excluding hydrogens is 281 g/mol. The minimum atomic E-state index is 0.339. The summed E-state index contributed by atoms with van der Waals surface area (Å²) in [5.41, 5.74) is 2.10. The lowest BCUT2D eigenvalue weighted by Gasteiger charge is -2.13. The monoisotopic (exact) mass is 293 g/mol. The van der Waals surface area contributed by atoms with Crippen molar-refractivity contribution < 1.29 is 4.74 Å². The van der Waals surface area contributed by atoms with Crippen molar-refractivity contribution in [2.45, 2.75) is 5.92 Å². The summed E-state index contributed by atoms with van der Waals surface area (Å²) in [5.74, 6) is 1.32. The van der Waals surface area contributed by atoms with Gasteiger partial charge in [-0.15, -0.1) is 0 Å². The molecule has 0 saturated carbocycles. The van der Waals surface area contributed by atoms with Gasteiger partial charge in [0.25, 0.3) is 0 Å². The van der Waals surface area contributed by atoms with Gasteiger partial charge in [0.05, 0.1) is 22.3 Å². The van der Waals surface area contributed by atoms with E-state index in [0.717, 1.165) is 18.0 Å². The molecule has 1 unspecified atom stereocenters. The number of benzene rings is 2. The average molecular weight is 294 g/mol. The third kappa shape index (κ3) is 2.51. The predicted octanol–water partition coefficient (Wildman–Crippen LogP) is 4.58. The molecule has 0 saturated heterocycles. The van der Waals surface area contributed by atoms with Gasteiger partial charge in [-0.1, -0.05) is 47.5 Å². The van der Waals surface area contributed by atoms with E-state index in [-0.39, 0.29) is 0 Å². The van der Waals surface area contributed by atoms with Crippen LogP contribution in [0, 0.1) is 0 Å². The molecule has 0 bridgehead atoms. The number of ether oxygens (including phenoxy) is 1. The normalized spacial score (nSPS) is 16.8. The van der Waals surface area contributed by atoms with Crippen molar-refractivity contribution in [3.05, 3.63) is 58.1 Å². The highest BCUT2D eigenvalue weighted by molar-refractivity contribution is 6.43. The molecule has 0 spiro atoms. The Bertz CT molecular complexity index is 600. The lowest BCUT2D eigenvalue weighted by Crippen LogP contribution is -2.14. The molecular formula is C15H13Cl2NO. The number of hydrogen-bond acceptors (Lipinski definition) is 2. The van der Waals surface area contributed by atoms with Gasteiger partial charge in [0.15, 0.2) is 0 Å². The van der Waals surface area contributed by atoms with Gasteiger partial charge in [0.1, 0.15) is 5.75 Å². The second-order valence-corrected chi connectivity index (χ2v) is 5.31. The quantitative estimate of drug-likeness (QED) is 0.894. The second-order valence-electron chi connectivity index (χ2n) is 4.53. The van der Waals surface area contributed by atoms with Crippen LogP contribution in [0.4, 0.5) is 5.69 Å². The van der Waals surface area contributed by atoms with Crippen molar-refractivity contribution >= 4 is 28.9 Å². The maximum absolute atomic E-state index is 6.15. The van der Waals surface area contributed by atoms with Crippen molar-refractivity contribution in [1.82, 2.24) is 0 Å². The van der Waals surface area contributed by atoms with Crippen LogP contribution in [-0.4, -0.2) is 13.2 Å². The Morgan fingerprint density at radius 2 is 1.95 bits per heavy atom. The van der Waals surface area contributed by atoms with Gasteiger partial charge in [-0.2, -0.15) is 0 Å². The zero-order chi connectivity index (χ0) is 13.2. The van der Waals surface area contributed by atoms with Gasteiger partial charge >= 0.3 is 0 Å². The van der Waals surface area contributed by atoms with Gasteiger partial charge in [0.2, 0.25) is 0 Å². The molecule has 2 aromatic carbocycles. The number of para-hydroxylation sites is 1. The van der Waals surface area contributed by atoms with E-state index in [1.807, 2.05) is 30.3 Å². The standard InChI is InChI=1S/C15H13Cl2NO/c16-12-5-3-6-13(15(12)17)18-8-10-9-19-14-7-2-1-4-11(10)14/h1-7,10,18H,8-9H2. The van der Waals surface area contributed by atoms with Gasteiger partial charge in [-0.05, 0) is 18.2 Å². The van der Waals surface area contributed by atoms with Crippen LogP contribution in [-0.2, 0) is 0 Å². The number of fused-ring (bicyclic) bond motifs is 1. The number of anilines is 1. The molecule has 0 fully saturated rings. The number of rotatable bonds is 3. The number of hydrogen-bond donors (Lipinski definition) is 1. The molecule has 1 heterocycles. The summed E-state index contributed by atoms with van der Waals surface area (Å²) in [6.07, 6.45) is 0. The summed E-state index contributed by atoms with van der Waals surface area (Å²) >= 11 is 12.1. The highest BCUT2D eigenvalue weighted by atomic mass is 35.5. The third-order valence-corrected chi connectivity index (χ3v) is 4.11. The Labute approximate surface area is 122 Å². The molecule has 3 rings (SSSR count). The fourth-order valence-corrected chi connectivity index (χ4v) is 2.64. The molecule has 1 N–H and O–H groups in total. The number of nitrogens with one attached hydrogen (secondary N) is 1. The molecule has 0 aromatic heterocycles. The fourth-order valence-electron chi connectivity index (χ4n) is 2.27. The minimum Gasteiger partial charge on any atom is -0.493 e. The molecule has 0 amide bonds. The summed E-state index contributed by atoms with van der Waals surface area (Å²) in [4.78, 5) is 0. The third-order valence-electron chi connectivity index (χ3n) is 3.29. The van der Waals surface area contributed by atoms with Crippen molar-refractivity contribution in [3.8, 4) is 5.75 Å². The average Bonchev–Trinajstić information content (AvgIpc) is 2.84. The van der Waals surface area contributed by atoms with Crippen molar-refractivity contribution in [2.24, 2.45) is 0 Å². The molecule has 2 aromatic rings. The summed E-state index contributed by atoms with van der Waals surface area (Å²) in [5, 5.41) is 4.47. The van der Waals surface area contributed by atoms with Crippen LogP contribution in [0.2, 0.25) is 10.0 Å². The highest BCUT2D eigenvalue weighted by Gasteiger charge is 2.23. The fraction of sp³-hybridized carbons (Fsp3) is 0.200. The molecule has 98 valence electrons. The topological polar surface area (TPSA) is 21.3 Å². The molecule has 0 aliphatic carbocycles. The van der Waals surface area contributed by atoms with Crippen LogP contribution in [0.1, 0.15) is 11.5 Å². The largest absolute Gasteiger partial charge is 0.493 e. The Kier molecular flexibility index (Phi) is 3.54. The molecule has 1 aliphatic heterocycles. The second kappa shape index (κ2) is 5.32. The Balaban J connectivity index is 1.73. The van der Waals surface area contributed by atoms with Gasteiger partial charge in [-0.25, -0.2) is 0 Å².